The molecule has 2 amide bonds. The van der Waals surface area contributed by atoms with Gasteiger partial charge in [-0.25, -0.2) is 9.78 Å². The molecule has 1 heterocycles. The number of carbonyl (C=O) groups excluding carboxylic acids is 2. The van der Waals surface area contributed by atoms with Gasteiger partial charge in [0.15, 0.2) is 0 Å². The summed E-state index contributed by atoms with van der Waals surface area (Å²) in [6.07, 6.45) is 6.55. The second-order valence-corrected chi connectivity index (χ2v) is 6.77. The van der Waals surface area contributed by atoms with E-state index >= 15 is 0 Å². The van der Waals surface area contributed by atoms with Gasteiger partial charge in [-0.3, -0.25) is 10.1 Å². The topological polar surface area (TPSA) is 142 Å². The van der Waals surface area contributed by atoms with E-state index in [4.69, 9.17) is 27.2 Å². The summed E-state index contributed by atoms with van der Waals surface area (Å²) in [6.45, 7) is 1.70. The molecule has 0 aliphatic carbocycles. The quantitative estimate of drug-likeness (QED) is 0.269. The van der Waals surface area contributed by atoms with Gasteiger partial charge in [0.1, 0.15) is 23.3 Å². The van der Waals surface area contributed by atoms with Crippen LogP contribution in [0.5, 0.6) is 0 Å². The molecule has 1 unspecified atom stereocenters. The molecule has 0 bridgehead atoms. The van der Waals surface area contributed by atoms with E-state index in [1.54, 1.807) is 18.2 Å². The highest BCUT2D eigenvalue weighted by atomic mass is 35.5. The number of rotatable bonds is 11. The van der Waals surface area contributed by atoms with Gasteiger partial charge < -0.3 is 25.9 Å². The molecule has 0 fully saturated rings. The largest absolute Gasteiger partial charge is 0.447 e. The number of nitrogens with zero attached hydrogens (tertiary/aromatic N) is 1. The highest BCUT2D eigenvalue weighted by Crippen LogP contribution is 2.34. The number of imidazole rings is 1. The van der Waals surface area contributed by atoms with E-state index in [0.29, 0.717) is 41.3 Å². The van der Waals surface area contributed by atoms with Crippen molar-refractivity contribution in [2.24, 2.45) is 5.73 Å². The Morgan fingerprint density at radius 3 is 2.93 bits per heavy atom. The third-order valence-electron chi connectivity index (χ3n) is 4.10. The van der Waals surface area contributed by atoms with E-state index in [9.17, 15) is 9.59 Å². The zero-order valence-corrected chi connectivity index (χ0v) is 17.4. The Morgan fingerprint density at radius 1 is 1.43 bits per heavy atom. The molecule has 0 radical (unpaired) electrons. The van der Waals surface area contributed by atoms with Gasteiger partial charge in [0.2, 0.25) is 6.41 Å². The van der Waals surface area contributed by atoms with Crippen molar-refractivity contribution >= 4 is 35.5 Å². The predicted octanol–water partition coefficient (Wildman–Crippen LogP) is 3.59. The summed E-state index contributed by atoms with van der Waals surface area (Å²) in [5, 5.41) is 14.1. The van der Waals surface area contributed by atoms with Crippen molar-refractivity contribution in [3.05, 3.63) is 41.3 Å². The van der Waals surface area contributed by atoms with Crippen LogP contribution in [0.4, 0.5) is 16.2 Å². The molecule has 6 N–H and O–H groups in total. The van der Waals surface area contributed by atoms with E-state index in [2.05, 4.69) is 33.6 Å². The monoisotopic (exact) mass is 435 g/mol. The zero-order valence-electron chi connectivity index (χ0n) is 16.7. The Hall–Kier alpha value is -2.88. The maximum absolute atomic E-state index is 11.7. The first-order valence-electron chi connectivity index (χ1n) is 9.55. The lowest BCUT2D eigenvalue weighted by Gasteiger charge is -2.11. The first-order chi connectivity index (χ1) is 14.5. The molecule has 0 saturated heterocycles. The Morgan fingerprint density at radius 2 is 2.23 bits per heavy atom. The highest BCUT2D eigenvalue weighted by Gasteiger charge is 2.18. The fourth-order valence-electron chi connectivity index (χ4n) is 2.67. The molecule has 2 aromatic rings. The van der Waals surface area contributed by atoms with Crippen LogP contribution < -0.4 is 16.4 Å². The number of unbranched alkanes of at least 4 members (excludes halogenated alkanes) is 1. The number of anilines is 2. The number of aromatic nitrogens is 2. The average Bonchev–Trinajstić information content (AvgIpc) is 3.11. The minimum atomic E-state index is -0.726. The molecule has 2 rings (SSSR count). The van der Waals surface area contributed by atoms with E-state index in [1.807, 2.05) is 6.08 Å². The van der Waals surface area contributed by atoms with Gasteiger partial charge in [-0.05, 0) is 31.0 Å². The summed E-state index contributed by atoms with van der Waals surface area (Å²) in [5.41, 5.74) is 7.96. The standard InChI is InChI=1S/C20H26ClN5O4/c1-2-3-4-5-6-15(22)19-25-17(18(21)26-19)14-8-7-13(11-16(14)23-12-28)24-20(29)30-10-9-27/h4-5,7-8,11-12,15,27H,2-3,6,9-10,22H2,1H3,(H,23,28)(H,24,29)(H,25,26)/b5-4+. The second kappa shape index (κ2) is 12.0. The van der Waals surface area contributed by atoms with Crippen LogP contribution in [-0.2, 0) is 9.53 Å². The number of nitrogens with two attached hydrogens (primary N) is 1. The fourth-order valence-corrected chi connectivity index (χ4v) is 2.91. The Bertz CT molecular complexity index is 884. The molecule has 10 heteroatoms. The summed E-state index contributed by atoms with van der Waals surface area (Å²) >= 11 is 6.34. The number of nitrogens with one attached hydrogen (secondary N) is 3. The zero-order chi connectivity index (χ0) is 21.9. The molecule has 9 nitrogen and oxygen atoms in total. The van der Waals surface area contributed by atoms with Gasteiger partial charge in [0, 0.05) is 11.3 Å². The maximum atomic E-state index is 11.7. The van der Waals surface area contributed by atoms with Crippen LogP contribution in [0.3, 0.4) is 0 Å². The van der Waals surface area contributed by atoms with Crippen LogP contribution in [-0.4, -0.2) is 40.8 Å². The lowest BCUT2D eigenvalue weighted by molar-refractivity contribution is -0.105. The van der Waals surface area contributed by atoms with Crippen molar-refractivity contribution in [2.45, 2.75) is 32.2 Å². The number of aromatic amines is 1. The van der Waals surface area contributed by atoms with Gasteiger partial charge >= 0.3 is 6.09 Å². The maximum Gasteiger partial charge on any atom is 0.411 e. The van der Waals surface area contributed by atoms with Crippen LogP contribution in [0.25, 0.3) is 11.3 Å². The summed E-state index contributed by atoms with van der Waals surface area (Å²) in [5.74, 6) is 0.531. The van der Waals surface area contributed by atoms with E-state index in [-0.39, 0.29) is 24.4 Å². The molecule has 0 aliphatic heterocycles. The summed E-state index contributed by atoms with van der Waals surface area (Å²) in [6, 6.07) is 4.46. The van der Waals surface area contributed by atoms with E-state index in [0.717, 1.165) is 12.8 Å². The van der Waals surface area contributed by atoms with Gasteiger partial charge in [0.25, 0.3) is 0 Å². The minimum Gasteiger partial charge on any atom is -0.447 e. The molecule has 30 heavy (non-hydrogen) atoms. The first-order valence-corrected chi connectivity index (χ1v) is 9.93. The number of ether oxygens (including phenoxy) is 1. The SMILES string of the molecule is CCC/C=C/CC(N)c1nc(-c2ccc(NC(=O)OCCO)cc2NC=O)c(Cl)[nH]1. The third-order valence-corrected chi connectivity index (χ3v) is 4.37. The van der Waals surface area contributed by atoms with E-state index < -0.39 is 6.09 Å². The average molecular weight is 436 g/mol. The van der Waals surface area contributed by atoms with Crippen LogP contribution in [0.15, 0.2) is 30.4 Å². The molecule has 0 spiro atoms. The fraction of sp³-hybridized carbons (Fsp3) is 0.350. The number of amides is 2. The van der Waals surface area contributed by atoms with Crippen molar-refractivity contribution in [1.82, 2.24) is 9.97 Å². The molecule has 1 atom stereocenters. The lowest BCUT2D eigenvalue weighted by atomic mass is 10.1. The molecule has 1 aromatic heterocycles. The van der Waals surface area contributed by atoms with Crippen molar-refractivity contribution < 1.29 is 19.4 Å². The van der Waals surface area contributed by atoms with Crippen LogP contribution in [0.2, 0.25) is 5.15 Å². The summed E-state index contributed by atoms with van der Waals surface area (Å²) in [4.78, 5) is 30.2. The Kier molecular flexibility index (Phi) is 9.33. The van der Waals surface area contributed by atoms with Crippen LogP contribution >= 0.6 is 11.6 Å². The van der Waals surface area contributed by atoms with Gasteiger partial charge in [0.05, 0.1) is 18.3 Å². The molecule has 1 aromatic carbocycles. The normalized spacial score (nSPS) is 12.0. The van der Waals surface area contributed by atoms with Crippen molar-refractivity contribution in [3.63, 3.8) is 0 Å². The number of aliphatic hydroxyl groups excluding tert-OH is 1. The number of halogens is 1. The predicted molar refractivity (Wildman–Crippen MR) is 116 cm³/mol. The second-order valence-electron chi connectivity index (χ2n) is 6.39. The number of allylic oxidation sites excluding steroid dienone is 1. The molecular weight excluding hydrogens is 410 g/mol. The van der Waals surface area contributed by atoms with E-state index in [1.165, 1.54) is 0 Å². The number of hydrogen-bond donors (Lipinski definition) is 5. The number of aliphatic hydroxyl groups is 1. The number of carbonyl (C=O) groups is 2. The number of hydrogen-bond acceptors (Lipinski definition) is 6. The van der Waals surface area contributed by atoms with Gasteiger partial charge in [-0.1, -0.05) is 37.1 Å². The van der Waals surface area contributed by atoms with Gasteiger partial charge in [-0.2, -0.15) is 0 Å². The summed E-state index contributed by atoms with van der Waals surface area (Å²) in [7, 11) is 0. The van der Waals surface area contributed by atoms with Crippen molar-refractivity contribution in [1.29, 1.82) is 0 Å². The molecule has 162 valence electrons. The molecule has 0 aliphatic rings. The third kappa shape index (κ3) is 6.58. The molecule has 0 saturated carbocycles. The first kappa shape index (κ1) is 23.4. The van der Waals surface area contributed by atoms with Crippen molar-refractivity contribution in [2.75, 3.05) is 23.8 Å². The smallest absolute Gasteiger partial charge is 0.411 e. The summed E-state index contributed by atoms with van der Waals surface area (Å²) < 4.78 is 4.76. The lowest BCUT2D eigenvalue weighted by Crippen LogP contribution is -2.16. The number of benzene rings is 1. The minimum absolute atomic E-state index is 0.122. The number of H-pyrrole nitrogens is 1. The Labute approximate surface area is 179 Å². The molecular formula is C20H26ClN5O4. The van der Waals surface area contributed by atoms with Crippen LogP contribution in [0, 0.1) is 0 Å². The van der Waals surface area contributed by atoms with Crippen LogP contribution in [0.1, 0.15) is 38.1 Å². The Balaban J connectivity index is 2.24. The van der Waals surface area contributed by atoms with Gasteiger partial charge in [-0.15, -0.1) is 0 Å². The highest BCUT2D eigenvalue weighted by molar-refractivity contribution is 6.32. The van der Waals surface area contributed by atoms with Crippen molar-refractivity contribution in [3.8, 4) is 11.3 Å².